The zero-order chi connectivity index (χ0) is 18.0. The molecule has 1 aromatic carbocycles. The molecule has 0 bridgehead atoms. The van der Waals surface area contributed by atoms with Crippen LogP contribution in [0.4, 0.5) is 5.13 Å². The third kappa shape index (κ3) is 4.08. The van der Waals surface area contributed by atoms with Crippen molar-refractivity contribution in [2.75, 3.05) is 18.4 Å². The number of hydrogen-bond donors (Lipinski definition) is 1. The van der Waals surface area contributed by atoms with Gasteiger partial charge in [-0.25, -0.2) is 13.4 Å². The van der Waals surface area contributed by atoms with Crippen LogP contribution in [-0.4, -0.2) is 36.7 Å². The van der Waals surface area contributed by atoms with E-state index in [-0.39, 0.29) is 10.8 Å². The average molecular weight is 380 g/mol. The highest BCUT2D eigenvalue weighted by Gasteiger charge is 2.31. The first-order chi connectivity index (χ1) is 11.9. The summed E-state index contributed by atoms with van der Waals surface area (Å²) in [6, 6.07) is 6.06. The Kier molecular flexibility index (Phi) is 5.21. The lowest BCUT2D eigenvalue weighted by molar-refractivity contribution is 0.102. The van der Waals surface area contributed by atoms with Crippen LogP contribution in [0.3, 0.4) is 0 Å². The second-order valence-electron chi connectivity index (χ2n) is 6.58. The highest BCUT2D eigenvalue weighted by atomic mass is 32.2. The minimum Gasteiger partial charge on any atom is -0.298 e. The maximum Gasteiger partial charge on any atom is 0.257 e. The van der Waals surface area contributed by atoms with Crippen molar-refractivity contribution in [3.05, 3.63) is 41.4 Å². The maximum atomic E-state index is 12.8. The average Bonchev–Trinajstić information content (AvgIpc) is 3.07. The van der Waals surface area contributed by atoms with Gasteiger partial charge in [-0.1, -0.05) is 13.8 Å². The van der Waals surface area contributed by atoms with Gasteiger partial charge in [0.05, 0.1) is 4.90 Å². The molecule has 3 rings (SSSR count). The Morgan fingerprint density at radius 3 is 2.40 bits per heavy atom. The number of hydrogen-bond acceptors (Lipinski definition) is 5. The van der Waals surface area contributed by atoms with Crippen molar-refractivity contribution < 1.29 is 13.2 Å². The Hall–Kier alpha value is -1.77. The topological polar surface area (TPSA) is 79.4 Å². The lowest BCUT2D eigenvalue weighted by Gasteiger charge is -2.34. The van der Waals surface area contributed by atoms with E-state index in [4.69, 9.17) is 0 Å². The Balaban J connectivity index is 1.76. The first kappa shape index (κ1) is 18.0. The van der Waals surface area contributed by atoms with Crippen LogP contribution in [0.5, 0.6) is 0 Å². The van der Waals surface area contributed by atoms with Crippen LogP contribution in [0, 0.1) is 11.8 Å². The quantitative estimate of drug-likeness (QED) is 0.885. The van der Waals surface area contributed by atoms with Gasteiger partial charge in [0.15, 0.2) is 5.13 Å². The first-order valence-electron chi connectivity index (χ1n) is 8.17. The van der Waals surface area contributed by atoms with Crippen molar-refractivity contribution in [3.8, 4) is 0 Å². The van der Waals surface area contributed by atoms with Crippen LogP contribution in [-0.2, 0) is 10.0 Å². The monoisotopic (exact) mass is 379 g/mol. The van der Waals surface area contributed by atoms with Crippen molar-refractivity contribution in [2.24, 2.45) is 11.8 Å². The Morgan fingerprint density at radius 2 is 1.84 bits per heavy atom. The van der Waals surface area contributed by atoms with Crippen LogP contribution in [0.1, 0.15) is 30.6 Å². The van der Waals surface area contributed by atoms with Gasteiger partial charge in [0.1, 0.15) is 0 Å². The molecule has 8 heteroatoms. The number of sulfonamides is 1. The summed E-state index contributed by atoms with van der Waals surface area (Å²) in [5.74, 6) is 0.392. The molecule has 1 fully saturated rings. The fraction of sp³-hybridized carbons (Fsp3) is 0.412. The highest BCUT2D eigenvalue weighted by Crippen LogP contribution is 2.26. The number of nitrogens with one attached hydrogen (secondary N) is 1. The van der Waals surface area contributed by atoms with E-state index in [2.05, 4.69) is 24.1 Å². The smallest absolute Gasteiger partial charge is 0.257 e. The molecule has 1 saturated heterocycles. The maximum absolute atomic E-state index is 12.8. The van der Waals surface area contributed by atoms with Crippen LogP contribution in [0.15, 0.2) is 40.7 Å². The molecule has 2 heterocycles. The van der Waals surface area contributed by atoms with Crippen molar-refractivity contribution in [2.45, 2.75) is 25.2 Å². The van der Waals surface area contributed by atoms with Gasteiger partial charge in [0, 0.05) is 30.2 Å². The summed E-state index contributed by atoms with van der Waals surface area (Å²) in [6.45, 7) is 5.23. The molecule has 0 radical (unpaired) electrons. The van der Waals surface area contributed by atoms with E-state index < -0.39 is 10.0 Å². The van der Waals surface area contributed by atoms with Gasteiger partial charge in [-0.3, -0.25) is 10.1 Å². The number of benzene rings is 1. The van der Waals surface area contributed by atoms with Crippen LogP contribution in [0.25, 0.3) is 0 Å². The third-order valence-corrected chi connectivity index (χ3v) is 6.78. The van der Waals surface area contributed by atoms with Crippen LogP contribution >= 0.6 is 11.3 Å². The molecule has 2 aromatic rings. The molecule has 0 saturated carbocycles. The van der Waals surface area contributed by atoms with Gasteiger partial charge in [-0.2, -0.15) is 4.31 Å². The van der Waals surface area contributed by atoms with E-state index in [9.17, 15) is 13.2 Å². The first-order valence-corrected chi connectivity index (χ1v) is 10.5. The Labute approximate surface area is 151 Å². The number of thiazole rings is 1. The summed E-state index contributed by atoms with van der Waals surface area (Å²) in [5.41, 5.74) is 0.398. The van der Waals surface area contributed by atoms with Crippen molar-refractivity contribution in [1.82, 2.24) is 9.29 Å². The molecule has 25 heavy (non-hydrogen) atoms. The molecule has 6 nitrogen and oxygen atoms in total. The van der Waals surface area contributed by atoms with Gasteiger partial charge < -0.3 is 0 Å². The third-order valence-electron chi connectivity index (χ3n) is 4.24. The second-order valence-corrected chi connectivity index (χ2v) is 9.42. The summed E-state index contributed by atoms with van der Waals surface area (Å²) in [7, 11) is -3.53. The minimum absolute atomic E-state index is 0.222. The Bertz CT molecular complexity index is 823. The molecule has 1 aromatic heterocycles. The molecule has 0 unspecified atom stereocenters. The van der Waals surface area contributed by atoms with E-state index in [0.717, 1.165) is 6.42 Å². The van der Waals surface area contributed by atoms with Gasteiger partial charge in [-0.15, -0.1) is 11.3 Å². The van der Waals surface area contributed by atoms with E-state index in [1.165, 1.54) is 35.6 Å². The Morgan fingerprint density at radius 1 is 1.20 bits per heavy atom. The lowest BCUT2D eigenvalue weighted by atomic mass is 9.94. The van der Waals surface area contributed by atoms with Crippen molar-refractivity contribution in [3.63, 3.8) is 0 Å². The fourth-order valence-corrected chi connectivity index (χ4v) is 5.39. The summed E-state index contributed by atoms with van der Waals surface area (Å²) >= 11 is 1.33. The van der Waals surface area contributed by atoms with E-state index in [0.29, 0.717) is 35.6 Å². The summed E-state index contributed by atoms with van der Waals surface area (Å²) in [6.07, 6.45) is 2.65. The van der Waals surface area contributed by atoms with E-state index in [1.807, 2.05) is 0 Å². The van der Waals surface area contributed by atoms with Gasteiger partial charge in [0.25, 0.3) is 5.91 Å². The molecule has 0 spiro atoms. The number of rotatable bonds is 4. The number of amides is 1. The highest BCUT2D eigenvalue weighted by molar-refractivity contribution is 7.89. The normalized spacial score (nSPS) is 21.8. The second kappa shape index (κ2) is 7.23. The summed E-state index contributed by atoms with van der Waals surface area (Å²) in [4.78, 5) is 16.4. The molecular weight excluding hydrogens is 358 g/mol. The molecule has 1 N–H and O–H groups in total. The zero-order valence-corrected chi connectivity index (χ0v) is 15.8. The number of anilines is 1. The molecule has 0 aliphatic carbocycles. The number of aromatic nitrogens is 1. The molecule has 1 amide bonds. The summed E-state index contributed by atoms with van der Waals surface area (Å²) in [5, 5.41) is 4.96. The van der Waals surface area contributed by atoms with Gasteiger partial charge >= 0.3 is 0 Å². The predicted octanol–water partition coefficient (Wildman–Crippen LogP) is 3.06. The van der Waals surface area contributed by atoms with Gasteiger partial charge in [0.2, 0.25) is 10.0 Å². The minimum atomic E-state index is -3.53. The standard InChI is InChI=1S/C17H21N3O3S2/c1-12-9-13(2)11-20(10-12)25(22,23)15-5-3-14(4-6-15)16(21)19-17-18-7-8-24-17/h3-8,12-13H,9-11H2,1-2H3,(H,18,19,21)/t12-,13-/m0/s1. The number of carbonyl (C=O) groups excluding carboxylic acids is 1. The van der Waals surface area contributed by atoms with Gasteiger partial charge in [-0.05, 0) is 42.5 Å². The molecule has 134 valence electrons. The number of carbonyl (C=O) groups is 1. The van der Waals surface area contributed by atoms with Crippen molar-refractivity contribution in [1.29, 1.82) is 0 Å². The zero-order valence-electron chi connectivity index (χ0n) is 14.2. The van der Waals surface area contributed by atoms with E-state index in [1.54, 1.807) is 15.9 Å². The van der Waals surface area contributed by atoms with Crippen LogP contribution < -0.4 is 5.32 Å². The predicted molar refractivity (Wildman–Crippen MR) is 98.2 cm³/mol. The SMILES string of the molecule is C[C@H]1C[C@H](C)CN(S(=O)(=O)c2ccc(C(=O)Nc3nccs3)cc2)C1. The molecule has 1 aliphatic heterocycles. The largest absolute Gasteiger partial charge is 0.298 e. The molecular formula is C17H21N3O3S2. The fourth-order valence-electron chi connectivity index (χ4n) is 3.18. The lowest BCUT2D eigenvalue weighted by Crippen LogP contribution is -2.42. The number of piperidine rings is 1. The summed E-state index contributed by atoms with van der Waals surface area (Å²) < 4.78 is 27.2. The van der Waals surface area contributed by atoms with Crippen molar-refractivity contribution >= 4 is 32.4 Å². The van der Waals surface area contributed by atoms with Crippen LogP contribution in [0.2, 0.25) is 0 Å². The molecule has 2 atom stereocenters. The van der Waals surface area contributed by atoms with E-state index >= 15 is 0 Å². The number of nitrogens with zero attached hydrogens (tertiary/aromatic N) is 2. The molecule has 1 aliphatic rings.